The quantitative estimate of drug-likeness (QED) is 0.816. The van der Waals surface area contributed by atoms with Crippen LogP contribution in [0.4, 0.5) is 5.69 Å². The number of anilines is 1. The molecule has 0 bridgehead atoms. The maximum atomic E-state index is 12.0. The van der Waals surface area contributed by atoms with Crippen molar-refractivity contribution in [3.8, 4) is 11.3 Å². The van der Waals surface area contributed by atoms with Crippen molar-refractivity contribution < 1.29 is 13.2 Å². The molecule has 0 radical (unpaired) electrons. The second-order valence-corrected chi connectivity index (χ2v) is 9.35. The minimum Gasteiger partial charge on any atom is -0.348 e. The molecule has 1 amide bonds. The Bertz CT molecular complexity index is 919. The van der Waals surface area contributed by atoms with Gasteiger partial charge in [0.15, 0.2) is 0 Å². The smallest absolute Gasteiger partial charge is 0.232 e. The number of benzene rings is 1. The zero-order valence-corrected chi connectivity index (χ0v) is 16.3. The highest BCUT2D eigenvalue weighted by Gasteiger charge is 2.32. The van der Waals surface area contributed by atoms with Gasteiger partial charge in [-0.05, 0) is 31.0 Å². The Kier molecular flexibility index (Phi) is 4.59. The van der Waals surface area contributed by atoms with Crippen molar-refractivity contribution in [3.05, 3.63) is 34.2 Å². The number of nitrogens with zero attached hydrogens (tertiary/aromatic N) is 3. The Labute approximate surface area is 152 Å². The number of aromatic nitrogens is 1. The molecule has 1 atom stereocenters. The fourth-order valence-electron chi connectivity index (χ4n) is 3.08. The number of hydrogen-bond acceptors (Lipinski definition) is 5. The average Bonchev–Trinajstić information content (AvgIpc) is 3.08. The first-order chi connectivity index (χ1) is 11.7. The summed E-state index contributed by atoms with van der Waals surface area (Å²) in [4.78, 5) is 17.9. The van der Waals surface area contributed by atoms with Crippen LogP contribution in [0, 0.1) is 0 Å². The lowest BCUT2D eigenvalue weighted by Crippen LogP contribution is -2.34. The minimum absolute atomic E-state index is 0.0208. The van der Waals surface area contributed by atoms with Crippen molar-refractivity contribution in [2.75, 3.05) is 24.7 Å². The van der Waals surface area contributed by atoms with Crippen LogP contribution in [0.3, 0.4) is 0 Å². The second kappa shape index (κ2) is 6.42. The molecule has 2 heterocycles. The van der Waals surface area contributed by atoms with Gasteiger partial charge in [-0.25, -0.2) is 13.4 Å². The highest BCUT2D eigenvalue weighted by molar-refractivity contribution is 7.92. The predicted molar refractivity (Wildman–Crippen MR) is 100 cm³/mol. The Morgan fingerprint density at radius 1 is 1.40 bits per heavy atom. The Hall–Kier alpha value is -1.93. The molecule has 1 unspecified atom stereocenters. The van der Waals surface area contributed by atoms with E-state index in [4.69, 9.17) is 0 Å². The maximum absolute atomic E-state index is 12.0. The van der Waals surface area contributed by atoms with Crippen LogP contribution in [0.15, 0.2) is 23.6 Å². The third-order valence-electron chi connectivity index (χ3n) is 4.24. The van der Waals surface area contributed by atoms with Crippen LogP contribution in [0.1, 0.15) is 17.5 Å². The van der Waals surface area contributed by atoms with Crippen LogP contribution < -0.4 is 4.31 Å². The lowest BCUT2D eigenvalue weighted by Gasteiger charge is -2.21. The van der Waals surface area contributed by atoms with Gasteiger partial charge < -0.3 is 4.90 Å². The van der Waals surface area contributed by atoms with Gasteiger partial charge in [0.1, 0.15) is 5.01 Å². The Morgan fingerprint density at radius 3 is 2.76 bits per heavy atom. The molecular formula is C17H21N3O3S2. The third-order valence-corrected chi connectivity index (χ3v) is 6.36. The summed E-state index contributed by atoms with van der Waals surface area (Å²) >= 11 is 1.46. The van der Waals surface area contributed by atoms with Crippen molar-refractivity contribution >= 4 is 33.0 Å². The first kappa shape index (κ1) is 17.9. The van der Waals surface area contributed by atoms with Gasteiger partial charge in [0.05, 0.1) is 24.1 Å². The molecule has 3 rings (SSSR count). The lowest BCUT2D eigenvalue weighted by molar-refractivity contribution is -0.127. The number of fused-ring (bicyclic) bond motifs is 1. The molecule has 25 heavy (non-hydrogen) atoms. The number of sulfonamides is 1. The SMILES string of the molecule is CC1Cc2cc(-c3csc(CC(=O)N(C)C)n3)ccc2N1S(C)(=O)=O. The number of amides is 1. The highest BCUT2D eigenvalue weighted by atomic mass is 32.2. The van der Waals surface area contributed by atoms with Crippen molar-refractivity contribution in [1.29, 1.82) is 0 Å². The van der Waals surface area contributed by atoms with Crippen LogP contribution in [-0.2, 0) is 27.7 Å². The van der Waals surface area contributed by atoms with Gasteiger partial charge in [0, 0.05) is 31.1 Å². The molecular weight excluding hydrogens is 358 g/mol. The highest BCUT2D eigenvalue weighted by Crippen LogP contribution is 2.37. The normalized spacial score (nSPS) is 16.8. The minimum atomic E-state index is -3.28. The number of rotatable bonds is 4. The van der Waals surface area contributed by atoms with E-state index in [9.17, 15) is 13.2 Å². The van der Waals surface area contributed by atoms with Gasteiger partial charge in [-0.1, -0.05) is 6.07 Å². The van der Waals surface area contributed by atoms with Gasteiger partial charge >= 0.3 is 0 Å². The zero-order chi connectivity index (χ0) is 18.4. The number of hydrogen-bond donors (Lipinski definition) is 0. The molecule has 134 valence electrons. The van der Waals surface area contributed by atoms with Gasteiger partial charge in [-0.2, -0.15) is 0 Å². The van der Waals surface area contributed by atoms with Crippen molar-refractivity contribution in [3.63, 3.8) is 0 Å². The fourth-order valence-corrected chi connectivity index (χ4v) is 5.14. The van der Waals surface area contributed by atoms with Crippen molar-refractivity contribution in [2.24, 2.45) is 0 Å². The van der Waals surface area contributed by atoms with Gasteiger partial charge in [0.2, 0.25) is 15.9 Å². The molecule has 0 saturated heterocycles. The summed E-state index contributed by atoms with van der Waals surface area (Å²) in [6, 6.07) is 5.66. The van der Waals surface area contributed by atoms with E-state index in [0.717, 1.165) is 27.5 Å². The molecule has 1 aliphatic rings. The van der Waals surface area contributed by atoms with Crippen LogP contribution in [0.2, 0.25) is 0 Å². The van der Waals surface area contributed by atoms with Crippen LogP contribution in [0.25, 0.3) is 11.3 Å². The third kappa shape index (κ3) is 3.55. The summed E-state index contributed by atoms with van der Waals surface area (Å²) in [7, 11) is 0.174. The summed E-state index contributed by atoms with van der Waals surface area (Å²) < 4.78 is 25.5. The van der Waals surface area contributed by atoms with E-state index < -0.39 is 10.0 Å². The molecule has 8 heteroatoms. The van der Waals surface area contributed by atoms with E-state index in [1.165, 1.54) is 21.9 Å². The van der Waals surface area contributed by atoms with E-state index in [-0.39, 0.29) is 11.9 Å². The standard InChI is InChI=1S/C17H21N3O3S2/c1-11-7-13-8-12(5-6-15(13)20(11)25(4,22)23)14-10-24-16(18-14)9-17(21)19(2)3/h5-6,8,10-11H,7,9H2,1-4H3. The molecule has 1 aromatic heterocycles. The largest absolute Gasteiger partial charge is 0.348 e. The number of likely N-dealkylation sites (N-methyl/N-ethyl adjacent to an activating group) is 1. The van der Waals surface area contributed by atoms with Crippen LogP contribution in [-0.4, -0.2) is 50.6 Å². The second-order valence-electron chi connectivity index (χ2n) is 6.55. The van der Waals surface area contributed by atoms with E-state index in [1.807, 2.05) is 30.5 Å². The molecule has 0 spiro atoms. The lowest BCUT2D eigenvalue weighted by atomic mass is 10.1. The molecule has 0 fully saturated rings. The maximum Gasteiger partial charge on any atom is 0.232 e. The van der Waals surface area contributed by atoms with E-state index in [2.05, 4.69) is 4.98 Å². The Morgan fingerprint density at radius 2 is 2.12 bits per heavy atom. The molecule has 1 aliphatic heterocycles. The molecule has 0 aliphatic carbocycles. The first-order valence-electron chi connectivity index (χ1n) is 7.94. The molecule has 1 aromatic carbocycles. The van der Waals surface area contributed by atoms with Gasteiger partial charge in [-0.3, -0.25) is 9.10 Å². The summed E-state index contributed by atoms with van der Waals surface area (Å²) in [6.45, 7) is 1.91. The van der Waals surface area contributed by atoms with E-state index in [1.54, 1.807) is 19.0 Å². The van der Waals surface area contributed by atoms with Gasteiger partial charge in [-0.15, -0.1) is 11.3 Å². The van der Waals surface area contributed by atoms with Crippen LogP contribution >= 0.6 is 11.3 Å². The number of carbonyl (C=O) groups is 1. The number of thiazole rings is 1. The summed E-state index contributed by atoms with van der Waals surface area (Å²) in [5.41, 5.74) is 3.52. The van der Waals surface area contributed by atoms with E-state index in [0.29, 0.717) is 12.8 Å². The average molecular weight is 380 g/mol. The molecule has 6 nitrogen and oxygen atoms in total. The first-order valence-corrected chi connectivity index (χ1v) is 10.7. The predicted octanol–water partition coefficient (Wildman–Crippen LogP) is 2.15. The van der Waals surface area contributed by atoms with Crippen molar-refractivity contribution in [1.82, 2.24) is 9.88 Å². The summed E-state index contributed by atoms with van der Waals surface area (Å²) in [6.07, 6.45) is 2.22. The zero-order valence-electron chi connectivity index (χ0n) is 14.7. The van der Waals surface area contributed by atoms with Crippen LogP contribution in [0.5, 0.6) is 0 Å². The van der Waals surface area contributed by atoms with E-state index >= 15 is 0 Å². The topological polar surface area (TPSA) is 70.6 Å². The number of carbonyl (C=O) groups excluding carboxylic acids is 1. The monoisotopic (exact) mass is 379 g/mol. The molecule has 2 aromatic rings. The summed E-state index contributed by atoms with van der Waals surface area (Å²) in [5.74, 6) is 0.0208. The summed E-state index contributed by atoms with van der Waals surface area (Å²) in [5, 5.41) is 2.72. The molecule has 0 saturated carbocycles. The molecule has 0 N–H and O–H groups in total. The van der Waals surface area contributed by atoms with Crippen molar-refractivity contribution in [2.45, 2.75) is 25.8 Å². The Balaban J connectivity index is 1.88. The van der Waals surface area contributed by atoms with Gasteiger partial charge in [0.25, 0.3) is 0 Å². The fraction of sp³-hybridized carbons (Fsp3) is 0.412.